The third-order valence-electron chi connectivity index (χ3n) is 7.26. The summed E-state index contributed by atoms with van der Waals surface area (Å²) in [6.07, 6.45) is 5.97. The van der Waals surface area contributed by atoms with Crippen molar-refractivity contribution in [3.05, 3.63) is 47.5 Å². The van der Waals surface area contributed by atoms with E-state index in [9.17, 15) is 9.59 Å². The Kier molecular flexibility index (Phi) is 10.8. The normalized spacial score (nSPS) is 17.9. The second-order valence-electron chi connectivity index (χ2n) is 11.6. The molecule has 0 amide bonds. The molecule has 2 aromatic rings. The number of rotatable bonds is 12. The molecular formula is C32H44N2O6. The van der Waals surface area contributed by atoms with Crippen LogP contribution in [0.15, 0.2) is 36.4 Å². The van der Waals surface area contributed by atoms with Gasteiger partial charge in [-0.3, -0.25) is 0 Å². The first kappa shape index (κ1) is 29.9. The van der Waals surface area contributed by atoms with Gasteiger partial charge in [0.05, 0.1) is 0 Å². The first-order valence-electron chi connectivity index (χ1n) is 14.7. The summed E-state index contributed by atoms with van der Waals surface area (Å²) in [5, 5.41) is 6.91. The zero-order valence-corrected chi connectivity index (χ0v) is 24.3. The van der Waals surface area contributed by atoms with Gasteiger partial charge < -0.3 is 29.6 Å². The van der Waals surface area contributed by atoms with E-state index in [1.54, 1.807) is 24.3 Å². The molecule has 2 aliphatic rings. The molecule has 4 rings (SSSR count). The summed E-state index contributed by atoms with van der Waals surface area (Å²) in [5.74, 6) is 0.989. The number of hydrogen-bond acceptors (Lipinski definition) is 8. The Bertz CT molecular complexity index is 1060. The number of aryl methyl sites for hydroxylation is 2. The van der Waals surface area contributed by atoms with Gasteiger partial charge >= 0.3 is 11.9 Å². The van der Waals surface area contributed by atoms with Crippen LogP contribution in [0.2, 0.25) is 0 Å². The molecule has 0 radical (unpaired) electrons. The van der Waals surface area contributed by atoms with E-state index in [4.69, 9.17) is 18.9 Å². The van der Waals surface area contributed by atoms with Gasteiger partial charge in [-0.15, -0.1) is 0 Å². The van der Waals surface area contributed by atoms with Gasteiger partial charge in [-0.2, -0.15) is 0 Å². The summed E-state index contributed by atoms with van der Waals surface area (Å²) in [6, 6.07) is 10.4. The minimum atomic E-state index is -1.09. The Balaban J connectivity index is 1.27. The average molecular weight is 553 g/mol. The van der Waals surface area contributed by atoms with Crippen molar-refractivity contribution in [2.45, 2.75) is 78.4 Å². The Labute approximate surface area is 238 Å². The zero-order valence-electron chi connectivity index (χ0n) is 24.3. The van der Waals surface area contributed by atoms with Crippen molar-refractivity contribution >= 4 is 11.9 Å². The molecule has 2 atom stereocenters. The van der Waals surface area contributed by atoms with Crippen molar-refractivity contribution in [3.8, 4) is 23.0 Å². The van der Waals surface area contributed by atoms with Gasteiger partial charge in [-0.05, 0) is 86.7 Å². The first-order chi connectivity index (χ1) is 19.3. The van der Waals surface area contributed by atoms with Gasteiger partial charge in [0.1, 0.15) is 35.2 Å². The van der Waals surface area contributed by atoms with Crippen LogP contribution in [0.4, 0.5) is 0 Å². The predicted octanol–water partition coefficient (Wildman–Crippen LogP) is 4.86. The largest absolute Gasteiger partial charge is 0.489 e. The zero-order chi connectivity index (χ0) is 28.5. The molecule has 2 unspecified atom stereocenters. The number of carbonyl (C=O) groups excluding carboxylic acids is 2. The fraction of sp³-hybridized carbons (Fsp3) is 0.562. The molecule has 0 fully saturated rings. The summed E-state index contributed by atoms with van der Waals surface area (Å²) in [4.78, 5) is 25.1. The highest BCUT2D eigenvalue weighted by Crippen LogP contribution is 2.33. The second-order valence-corrected chi connectivity index (χ2v) is 11.6. The molecule has 218 valence electrons. The Hall–Kier alpha value is -3.10. The molecule has 0 saturated carbocycles. The molecule has 2 aromatic carbocycles. The monoisotopic (exact) mass is 552 g/mol. The van der Waals surface area contributed by atoms with E-state index in [0.717, 1.165) is 75.8 Å². The molecule has 2 heterocycles. The lowest BCUT2D eigenvalue weighted by Crippen LogP contribution is -2.35. The van der Waals surface area contributed by atoms with E-state index < -0.39 is 11.9 Å². The highest BCUT2D eigenvalue weighted by Gasteiger charge is 2.25. The van der Waals surface area contributed by atoms with Crippen LogP contribution in [0.25, 0.3) is 0 Å². The molecule has 0 aromatic heterocycles. The van der Waals surface area contributed by atoms with Crippen molar-refractivity contribution < 1.29 is 28.5 Å². The lowest BCUT2D eigenvalue weighted by Gasteiger charge is -2.27. The van der Waals surface area contributed by atoms with Crippen LogP contribution in [0.3, 0.4) is 0 Å². The molecule has 40 heavy (non-hydrogen) atoms. The van der Waals surface area contributed by atoms with Gasteiger partial charge in [0, 0.05) is 25.2 Å². The summed E-state index contributed by atoms with van der Waals surface area (Å²) in [5.41, 5.74) is 2.12. The van der Waals surface area contributed by atoms with E-state index in [1.807, 2.05) is 12.1 Å². The van der Waals surface area contributed by atoms with Gasteiger partial charge in [-0.25, -0.2) is 9.59 Å². The number of hydrogen-bond donors (Lipinski definition) is 2. The number of ether oxygens (including phenoxy) is 4. The molecule has 2 N–H and O–H groups in total. The maximum absolute atomic E-state index is 12.5. The third-order valence-corrected chi connectivity index (χ3v) is 7.26. The van der Waals surface area contributed by atoms with Crippen LogP contribution in [0.1, 0.15) is 64.5 Å². The predicted molar refractivity (Wildman–Crippen MR) is 154 cm³/mol. The van der Waals surface area contributed by atoms with Crippen molar-refractivity contribution in [2.75, 3.05) is 26.2 Å². The van der Waals surface area contributed by atoms with Crippen LogP contribution in [-0.4, -0.2) is 50.3 Å². The quantitative estimate of drug-likeness (QED) is 0.167. The van der Waals surface area contributed by atoms with E-state index in [0.29, 0.717) is 23.3 Å². The summed E-state index contributed by atoms with van der Waals surface area (Å²) < 4.78 is 22.9. The van der Waals surface area contributed by atoms with Crippen molar-refractivity contribution in [2.24, 2.45) is 11.8 Å². The molecule has 2 aliphatic heterocycles. The van der Waals surface area contributed by atoms with Crippen LogP contribution in [0, 0.1) is 11.8 Å². The van der Waals surface area contributed by atoms with E-state index >= 15 is 0 Å². The molecule has 8 nitrogen and oxygen atoms in total. The fourth-order valence-electron chi connectivity index (χ4n) is 4.83. The van der Waals surface area contributed by atoms with Gasteiger partial charge in [-0.1, -0.05) is 39.8 Å². The summed E-state index contributed by atoms with van der Waals surface area (Å²) >= 11 is 0. The topological polar surface area (TPSA) is 95.1 Å². The molecular weight excluding hydrogens is 508 g/mol. The smallest absolute Gasteiger partial charge is 0.423 e. The summed E-state index contributed by atoms with van der Waals surface area (Å²) in [6.45, 7) is 12.3. The number of esters is 2. The first-order valence-corrected chi connectivity index (χ1v) is 14.7. The number of benzene rings is 2. The Morgan fingerprint density at radius 2 is 1.18 bits per heavy atom. The number of carbonyl (C=O) groups is 2. The lowest BCUT2D eigenvalue weighted by atomic mass is 10.0. The van der Waals surface area contributed by atoms with Crippen molar-refractivity contribution in [3.63, 3.8) is 0 Å². The third kappa shape index (κ3) is 8.96. The van der Waals surface area contributed by atoms with Gasteiger partial charge in [0.25, 0.3) is 0 Å². The number of fused-ring (bicyclic) bond motifs is 2. The van der Waals surface area contributed by atoms with Crippen LogP contribution in [0.5, 0.6) is 23.0 Å². The SMILES string of the molecule is CC(C)CCNCC1CCc2ccc(OC(=O)C(=O)Oc3ccc4c(c3)OC(CNCCC(C)C)CC4)cc2O1. The maximum atomic E-state index is 12.5. The van der Waals surface area contributed by atoms with Crippen LogP contribution in [-0.2, 0) is 22.4 Å². The van der Waals surface area contributed by atoms with E-state index in [2.05, 4.69) is 38.3 Å². The van der Waals surface area contributed by atoms with Gasteiger partial charge in [0.2, 0.25) is 0 Å². The summed E-state index contributed by atoms with van der Waals surface area (Å²) in [7, 11) is 0. The second kappa shape index (κ2) is 14.5. The minimum Gasteiger partial charge on any atom is -0.489 e. The van der Waals surface area contributed by atoms with Crippen LogP contribution < -0.4 is 29.6 Å². The molecule has 0 saturated heterocycles. The molecule has 8 heteroatoms. The average Bonchev–Trinajstić information content (AvgIpc) is 2.92. The molecule has 0 bridgehead atoms. The molecule has 0 aliphatic carbocycles. The lowest BCUT2D eigenvalue weighted by molar-refractivity contribution is -0.156. The maximum Gasteiger partial charge on any atom is 0.423 e. The Morgan fingerprint density at radius 3 is 1.57 bits per heavy atom. The standard InChI is InChI=1S/C32H44N2O6/c1-21(2)13-15-33-19-27-11-7-23-5-9-25(17-29(23)37-27)39-31(35)32(36)40-26-10-6-24-8-12-28(38-30(24)18-26)20-34-16-14-22(3)4/h5-6,9-10,17-18,21-22,27-28,33-34H,7-8,11-16,19-20H2,1-4H3. The number of nitrogens with one attached hydrogen (secondary N) is 2. The highest BCUT2D eigenvalue weighted by atomic mass is 16.6. The van der Waals surface area contributed by atoms with E-state index in [-0.39, 0.29) is 23.7 Å². The fourth-order valence-corrected chi connectivity index (χ4v) is 4.83. The molecule has 0 spiro atoms. The van der Waals surface area contributed by atoms with E-state index in [1.165, 1.54) is 0 Å². The van der Waals surface area contributed by atoms with Crippen molar-refractivity contribution in [1.29, 1.82) is 0 Å². The van der Waals surface area contributed by atoms with Gasteiger partial charge in [0.15, 0.2) is 0 Å². The minimum absolute atomic E-state index is 0.0530. The highest BCUT2D eigenvalue weighted by molar-refractivity contribution is 6.31. The Morgan fingerprint density at radius 1 is 0.750 bits per heavy atom. The van der Waals surface area contributed by atoms with Crippen molar-refractivity contribution in [1.82, 2.24) is 10.6 Å². The van der Waals surface area contributed by atoms with Crippen LogP contribution >= 0.6 is 0 Å².